The van der Waals surface area contributed by atoms with Gasteiger partial charge >= 0.3 is 5.97 Å². The predicted octanol–water partition coefficient (Wildman–Crippen LogP) is 0.123. The lowest BCUT2D eigenvalue weighted by Gasteiger charge is -2.26. The number of rotatable bonds is 6. The van der Waals surface area contributed by atoms with Crippen LogP contribution in [0, 0.1) is 0 Å². The third kappa shape index (κ3) is 5.86. The fraction of sp³-hybridized carbons (Fsp3) is 0.474. The topological polar surface area (TPSA) is 102 Å². The van der Waals surface area contributed by atoms with Crippen LogP contribution in [-0.4, -0.2) is 88.7 Å². The van der Waals surface area contributed by atoms with Crippen LogP contribution in [0.25, 0.3) is 6.08 Å². The van der Waals surface area contributed by atoms with Crippen molar-refractivity contribution < 1.29 is 32.2 Å². The van der Waals surface area contributed by atoms with Crippen molar-refractivity contribution in [1.29, 1.82) is 0 Å². The fourth-order valence-corrected chi connectivity index (χ4v) is 4.34. The third-order valence-corrected chi connectivity index (χ3v) is 6.51. The zero-order chi connectivity index (χ0) is 20.7. The van der Waals surface area contributed by atoms with E-state index < -0.39 is 16.0 Å². The highest BCUT2D eigenvalue weighted by Gasteiger charge is 2.26. The molecule has 3 rings (SSSR count). The maximum Gasteiger partial charge on any atom is 0.331 e. The summed E-state index contributed by atoms with van der Waals surface area (Å²) >= 11 is 0. The molecule has 2 aliphatic heterocycles. The SMILES string of the molecule is O=C(/C=C/c1ccc(S(=O)(=O)N2CCOCC2)cc1)OCC(=O)N1CCOCC1. The molecule has 0 spiro atoms. The Hall–Kier alpha value is -2.27. The van der Waals surface area contributed by atoms with E-state index in [0.29, 0.717) is 58.2 Å². The molecule has 2 saturated heterocycles. The summed E-state index contributed by atoms with van der Waals surface area (Å²) in [6.07, 6.45) is 2.71. The molecule has 0 aromatic heterocycles. The van der Waals surface area contributed by atoms with Gasteiger partial charge in [0.05, 0.1) is 31.3 Å². The normalized spacial score (nSPS) is 18.7. The van der Waals surface area contributed by atoms with Gasteiger partial charge in [0.2, 0.25) is 10.0 Å². The highest BCUT2D eigenvalue weighted by atomic mass is 32.2. The first kappa shape index (κ1) is 21.4. The van der Waals surface area contributed by atoms with Gasteiger partial charge < -0.3 is 19.1 Å². The number of nitrogens with zero attached hydrogens (tertiary/aromatic N) is 2. The standard InChI is InChI=1S/C19H24N2O7S/c22-18(20-7-11-26-12-8-20)15-28-19(23)6-3-16-1-4-17(5-2-16)29(24,25)21-9-13-27-14-10-21/h1-6H,7-15H2/b6-3+. The minimum atomic E-state index is -3.55. The summed E-state index contributed by atoms with van der Waals surface area (Å²) in [5, 5.41) is 0. The number of amides is 1. The van der Waals surface area contributed by atoms with Crippen molar-refractivity contribution >= 4 is 28.0 Å². The number of benzene rings is 1. The Morgan fingerprint density at radius 1 is 0.966 bits per heavy atom. The number of esters is 1. The van der Waals surface area contributed by atoms with Gasteiger partial charge in [-0.15, -0.1) is 0 Å². The second kappa shape index (κ2) is 9.97. The van der Waals surface area contributed by atoms with Gasteiger partial charge in [0, 0.05) is 32.3 Å². The van der Waals surface area contributed by atoms with Gasteiger partial charge in [-0.05, 0) is 23.8 Å². The summed E-state index contributed by atoms with van der Waals surface area (Å²) in [5.41, 5.74) is 0.641. The summed E-state index contributed by atoms with van der Waals surface area (Å²) in [4.78, 5) is 25.5. The van der Waals surface area contributed by atoms with E-state index in [2.05, 4.69) is 0 Å². The Kier molecular flexibility index (Phi) is 7.37. The highest BCUT2D eigenvalue weighted by Crippen LogP contribution is 2.18. The number of carbonyl (C=O) groups excluding carboxylic acids is 2. The van der Waals surface area contributed by atoms with Crippen LogP contribution in [0.4, 0.5) is 0 Å². The predicted molar refractivity (Wildman–Crippen MR) is 103 cm³/mol. The summed E-state index contributed by atoms with van der Waals surface area (Å²) in [6, 6.07) is 6.21. The summed E-state index contributed by atoms with van der Waals surface area (Å²) in [6.45, 7) is 3.07. The maximum absolute atomic E-state index is 12.6. The fourth-order valence-electron chi connectivity index (χ4n) is 2.94. The van der Waals surface area contributed by atoms with Crippen LogP contribution >= 0.6 is 0 Å². The van der Waals surface area contributed by atoms with Crippen molar-refractivity contribution in [2.75, 3.05) is 59.2 Å². The molecule has 2 heterocycles. The first-order valence-corrected chi connectivity index (χ1v) is 10.8. The number of morpholine rings is 2. The van der Waals surface area contributed by atoms with Crippen molar-refractivity contribution in [2.45, 2.75) is 4.90 Å². The molecule has 0 bridgehead atoms. The van der Waals surface area contributed by atoms with Gasteiger partial charge in [-0.3, -0.25) is 4.79 Å². The van der Waals surface area contributed by atoms with Crippen molar-refractivity contribution in [3.63, 3.8) is 0 Å². The molecule has 158 valence electrons. The van der Waals surface area contributed by atoms with E-state index in [1.54, 1.807) is 17.0 Å². The lowest BCUT2D eigenvalue weighted by Crippen LogP contribution is -2.42. The van der Waals surface area contributed by atoms with Gasteiger partial charge in [-0.25, -0.2) is 13.2 Å². The van der Waals surface area contributed by atoms with E-state index in [4.69, 9.17) is 14.2 Å². The second-order valence-corrected chi connectivity index (χ2v) is 8.46. The van der Waals surface area contributed by atoms with Crippen molar-refractivity contribution in [1.82, 2.24) is 9.21 Å². The Morgan fingerprint density at radius 3 is 2.17 bits per heavy atom. The zero-order valence-electron chi connectivity index (χ0n) is 16.0. The highest BCUT2D eigenvalue weighted by molar-refractivity contribution is 7.89. The molecule has 0 unspecified atom stereocenters. The first-order valence-electron chi connectivity index (χ1n) is 9.35. The summed E-state index contributed by atoms with van der Waals surface area (Å²) < 4.78 is 41.9. The van der Waals surface area contributed by atoms with Crippen molar-refractivity contribution in [3.8, 4) is 0 Å². The number of hydrogen-bond donors (Lipinski definition) is 0. The van der Waals surface area contributed by atoms with Crippen LogP contribution in [0.2, 0.25) is 0 Å². The van der Waals surface area contributed by atoms with E-state index in [0.717, 1.165) is 0 Å². The lowest BCUT2D eigenvalue weighted by atomic mass is 10.2. The van der Waals surface area contributed by atoms with Crippen LogP contribution in [0.15, 0.2) is 35.2 Å². The minimum absolute atomic E-state index is 0.190. The molecular weight excluding hydrogens is 400 g/mol. The molecule has 0 saturated carbocycles. The van der Waals surface area contributed by atoms with Crippen LogP contribution in [0.1, 0.15) is 5.56 Å². The van der Waals surface area contributed by atoms with E-state index in [9.17, 15) is 18.0 Å². The molecule has 1 aromatic rings. The van der Waals surface area contributed by atoms with Crippen LogP contribution in [0.3, 0.4) is 0 Å². The van der Waals surface area contributed by atoms with Gasteiger partial charge in [0.1, 0.15) is 0 Å². The summed E-state index contributed by atoms with van der Waals surface area (Å²) in [7, 11) is -3.55. The number of carbonyl (C=O) groups is 2. The molecule has 2 fully saturated rings. The van der Waals surface area contributed by atoms with Gasteiger partial charge in [-0.1, -0.05) is 12.1 Å². The zero-order valence-corrected chi connectivity index (χ0v) is 16.8. The van der Waals surface area contributed by atoms with E-state index >= 15 is 0 Å². The molecule has 1 amide bonds. The molecule has 0 aliphatic carbocycles. The lowest BCUT2D eigenvalue weighted by molar-refractivity contribution is -0.150. The molecule has 1 aromatic carbocycles. The number of hydrogen-bond acceptors (Lipinski definition) is 7. The average Bonchev–Trinajstić information content (AvgIpc) is 2.77. The average molecular weight is 424 g/mol. The molecule has 0 atom stereocenters. The van der Waals surface area contributed by atoms with E-state index in [-0.39, 0.29) is 17.4 Å². The maximum atomic E-state index is 12.6. The Balaban J connectivity index is 1.51. The molecule has 10 heteroatoms. The third-order valence-electron chi connectivity index (χ3n) is 4.60. The largest absolute Gasteiger partial charge is 0.452 e. The van der Waals surface area contributed by atoms with E-state index in [1.165, 1.54) is 28.6 Å². The second-order valence-electron chi connectivity index (χ2n) is 6.52. The molecule has 0 N–H and O–H groups in total. The Bertz CT molecular complexity index is 840. The molecule has 2 aliphatic rings. The Morgan fingerprint density at radius 2 is 1.55 bits per heavy atom. The minimum Gasteiger partial charge on any atom is -0.452 e. The van der Waals surface area contributed by atoms with Crippen LogP contribution < -0.4 is 0 Å². The smallest absolute Gasteiger partial charge is 0.331 e. The number of sulfonamides is 1. The molecule has 29 heavy (non-hydrogen) atoms. The van der Waals surface area contributed by atoms with Gasteiger partial charge in [0.25, 0.3) is 5.91 Å². The molecule has 9 nitrogen and oxygen atoms in total. The molecular formula is C19H24N2O7S. The van der Waals surface area contributed by atoms with Crippen LogP contribution in [0.5, 0.6) is 0 Å². The van der Waals surface area contributed by atoms with Gasteiger partial charge in [0.15, 0.2) is 6.61 Å². The monoisotopic (exact) mass is 424 g/mol. The Labute approximate surface area is 169 Å². The van der Waals surface area contributed by atoms with Gasteiger partial charge in [-0.2, -0.15) is 4.31 Å². The quantitative estimate of drug-likeness (QED) is 0.472. The van der Waals surface area contributed by atoms with Crippen LogP contribution in [-0.2, 0) is 33.8 Å². The number of ether oxygens (including phenoxy) is 3. The first-order chi connectivity index (χ1) is 14.0. The molecule has 0 radical (unpaired) electrons. The van der Waals surface area contributed by atoms with E-state index in [1.807, 2.05) is 0 Å². The summed E-state index contributed by atoms with van der Waals surface area (Å²) in [5.74, 6) is -0.899. The van der Waals surface area contributed by atoms with Crippen molar-refractivity contribution in [3.05, 3.63) is 35.9 Å². The van der Waals surface area contributed by atoms with Crippen molar-refractivity contribution in [2.24, 2.45) is 0 Å².